The molecular formula is C22H26ClN3O4. The van der Waals surface area contributed by atoms with E-state index in [0.717, 1.165) is 38.4 Å². The van der Waals surface area contributed by atoms with Crippen LogP contribution >= 0.6 is 11.6 Å². The van der Waals surface area contributed by atoms with Gasteiger partial charge in [0.05, 0.1) is 36.2 Å². The Morgan fingerprint density at radius 3 is 2.37 bits per heavy atom. The summed E-state index contributed by atoms with van der Waals surface area (Å²) in [4.78, 5) is 31.4. The van der Waals surface area contributed by atoms with Crippen molar-refractivity contribution in [1.82, 2.24) is 4.90 Å². The molecule has 0 N–H and O–H groups in total. The summed E-state index contributed by atoms with van der Waals surface area (Å²) >= 11 is 6.63. The highest BCUT2D eigenvalue weighted by molar-refractivity contribution is 6.34. The van der Waals surface area contributed by atoms with Gasteiger partial charge in [-0.3, -0.25) is 0 Å². The summed E-state index contributed by atoms with van der Waals surface area (Å²) in [5.41, 5.74) is 1.68. The van der Waals surface area contributed by atoms with Crippen molar-refractivity contribution >= 4 is 34.9 Å². The van der Waals surface area contributed by atoms with Crippen molar-refractivity contribution in [2.75, 3.05) is 56.7 Å². The van der Waals surface area contributed by atoms with Crippen molar-refractivity contribution in [2.45, 2.75) is 6.92 Å². The Morgan fingerprint density at radius 1 is 1.03 bits per heavy atom. The van der Waals surface area contributed by atoms with Gasteiger partial charge in [0.25, 0.3) is 0 Å². The second-order valence-corrected chi connectivity index (χ2v) is 7.25. The smallest absolute Gasteiger partial charge is 0.355 e. The molecule has 0 aromatic heterocycles. The zero-order chi connectivity index (χ0) is 21.7. The van der Waals surface area contributed by atoms with Crippen LogP contribution in [0.1, 0.15) is 6.92 Å². The van der Waals surface area contributed by atoms with Gasteiger partial charge in [0.15, 0.2) is 0 Å². The Balaban J connectivity index is 2.13. The van der Waals surface area contributed by atoms with E-state index in [2.05, 4.69) is 16.7 Å². The first-order valence-electron chi connectivity index (χ1n) is 9.82. The first kappa shape index (κ1) is 21.9. The van der Waals surface area contributed by atoms with Crippen LogP contribution in [0.4, 0.5) is 11.4 Å². The number of para-hydroxylation sites is 1. The average Bonchev–Trinajstić information content (AvgIpc) is 3.01. The summed E-state index contributed by atoms with van der Waals surface area (Å²) < 4.78 is 9.90. The lowest BCUT2D eigenvalue weighted by Crippen LogP contribution is -2.46. The minimum Gasteiger partial charge on any atom is -0.465 e. The zero-order valence-corrected chi connectivity index (χ0v) is 18.2. The number of nitrogens with zero attached hydrogens (tertiary/aromatic N) is 3. The number of allylic oxidation sites excluding steroid dienone is 2. The van der Waals surface area contributed by atoms with Gasteiger partial charge in [-0.05, 0) is 30.8 Å². The SMILES string of the molecule is CCN1CCN(c2c(Cl)cccc2N2C=CC=CC(C(=O)OC)=C2C(=O)OC)CC1. The third-order valence-corrected chi connectivity index (χ3v) is 5.55. The Hall–Kier alpha value is -2.77. The Bertz CT molecular complexity index is 902. The van der Waals surface area contributed by atoms with Crippen LogP contribution in [0, 0.1) is 0 Å². The molecule has 0 amide bonds. The summed E-state index contributed by atoms with van der Waals surface area (Å²) in [5, 5.41) is 0.576. The highest BCUT2D eigenvalue weighted by atomic mass is 35.5. The van der Waals surface area contributed by atoms with Crippen LogP contribution in [0.15, 0.2) is 53.9 Å². The topological polar surface area (TPSA) is 62.3 Å². The van der Waals surface area contributed by atoms with Gasteiger partial charge in [0.2, 0.25) is 0 Å². The fraction of sp³-hybridized carbons (Fsp3) is 0.364. The van der Waals surface area contributed by atoms with E-state index in [1.165, 1.54) is 14.2 Å². The molecule has 8 heteroatoms. The number of likely N-dealkylation sites (N-methyl/N-ethyl adjacent to an activating group) is 1. The van der Waals surface area contributed by atoms with Gasteiger partial charge in [-0.15, -0.1) is 0 Å². The Kier molecular flexibility index (Phi) is 7.18. The van der Waals surface area contributed by atoms with E-state index in [-0.39, 0.29) is 11.3 Å². The van der Waals surface area contributed by atoms with E-state index in [4.69, 9.17) is 21.1 Å². The molecule has 0 aliphatic carbocycles. The molecule has 1 fully saturated rings. The molecule has 1 aromatic rings. The Labute approximate surface area is 181 Å². The van der Waals surface area contributed by atoms with Gasteiger partial charge < -0.3 is 24.2 Å². The Morgan fingerprint density at radius 2 is 1.73 bits per heavy atom. The molecule has 160 valence electrons. The molecule has 1 saturated heterocycles. The maximum absolute atomic E-state index is 12.7. The predicted octanol–water partition coefficient (Wildman–Crippen LogP) is 2.97. The largest absolute Gasteiger partial charge is 0.465 e. The average molecular weight is 432 g/mol. The van der Waals surface area contributed by atoms with Crippen LogP contribution in [-0.2, 0) is 19.1 Å². The second kappa shape index (κ2) is 9.82. The molecule has 2 aliphatic heterocycles. The van der Waals surface area contributed by atoms with Crippen LogP contribution < -0.4 is 9.80 Å². The van der Waals surface area contributed by atoms with Crippen LogP contribution in [-0.4, -0.2) is 63.8 Å². The lowest BCUT2D eigenvalue weighted by Gasteiger charge is -2.38. The van der Waals surface area contributed by atoms with E-state index < -0.39 is 11.9 Å². The summed E-state index contributed by atoms with van der Waals surface area (Å²) in [6.07, 6.45) is 6.69. The highest BCUT2D eigenvalue weighted by Gasteiger charge is 2.30. The lowest BCUT2D eigenvalue weighted by molar-refractivity contribution is -0.139. The highest BCUT2D eigenvalue weighted by Crippen LogP contribution is 2.40. The maximum atomic E-state index is 12.7. The summed E-state index contributed by atoms with van der Waals surface area (Å²) in [6.45, 7) is 6.61. The number of piperazine rings is 1. The van der Waals surface area contributed by atoms with Crippen LogP contribution in [0.25, 0.3) is 0 Å². The van der Waals surface area contributed by atoms with Gasteiger partial charge in [-0.2, -0.15) is 0 Å². The van der Waals surface area contributed by atoms with Gasteiger partial charge in [-0.25, -0.2) is 9.59 Å². The van der Waals surface area contributed by atoms with E-state index in [0.29, 0.717) is 10.7 Å². The number of methoxy groups -OCH3 is 2. The third-order valence-electron chi connectivity index (χ3n) is 5.25. The third kappa shape index (κ3) is 4.37. The standard InChI is InChI=1S/C22H26ClN3O4/c1-4-24-12-14-25(15-13-24)20-17(23)9-7-10-18(20)26-11-6-5-8-16(21(27)29-2)19(26)22(28)30-3/h5-11H,4,12-15H2,1-3H3. The van der Waals surface area contributed by atoms with Crippen LogP contribution in [0.5, 0.6) is 0 Å². The van der Waals surface area contributed by atoms with Gasteiger partial charge in [0, 0.05) is 32.4 Å². The number of carbonyl (C=O) groups excluding carboxylic acids is 2. The number of anilines is 2. The second-order valence-electron chi connectivity index (χ2n) is 6.84. The number of esters is 2. The minimum atomic E-state index is -0.645. The van der Waals surface area contributed by atoms with Crippen molar-refractivity contribution in [2.24, 2.45) is 0 Å². The van der Waals surface area contributed by atoms with E-state index in [9.17, 15) is 9.59 Å². The van der Waals surface area contributed by atoms with Crippen LogP contribution in [0.2, 0.25) is 5.02 Å². The molecule has 2 heterocycles. The molecule has 0 saturated carbocycles. The van der Waals surface area contributed by atoms with E-state index in [1.807, 2.05) is 18.2 Å². The molecule has 2 aliphatic rings. The lowest BCUT2D eigenvalue weighted by atomic mass is 10.1. The molecule has 0 radical (unpaired) electrons. The molecular weight excluding hydrogens is 406 g/mol. The number of hydrogen-bond donors (Lipinski definition) is 0. The molecule has 0 bridgehead atoms. The van der Waals surface area contributed by atoms with E-state index in [1.54, 1.807) is 29.3 Å². The molecule has 1 aromatic carbocycles. The maximum Gasteiger partial charge on any atom is 0.355 e. The number of hydrogen-bond acceptors (Lipinski definition) is 7. The van der Waals surface area contributed by atoms with Crippen molar-refractivity contribution in [3.05, 3.63) is 58.9 Å². The number of benzene rings is 1. The van der Waals surface area contributed by atoms with E-state index >= 15 is 0 Å². The molecule has 0 atom stereocenters. The summed E-state index contributed by atoms with van der Waals surface area (Å²) in [5.74, 6) is -1.27. The first-order valence-corrected chi connectivity index (χ1v) is 10.2. The molecule has 0 spiro atoms. The monoisotopic (exact) mass is 431 g/mol. The summed E-state index contributed by atoms with van der Waals surface area (Å²) in [6, 6.07) is 5.53. The number of halogens is 1. The quantitative estimate of drug-likeness (QED) is 0.664. The predicted molar refractivity (Wildman–Crippen MR) is 118 cm³/mol. The van der Waals surface area contributed by atoms with Crippen molar-refractivity contribution < 1.29 is 19.1 Å². The first-order chi connectivity index (χ1) is 14.5. The fourth-order valence-electron chi connectivity index (χ4n) is 3.65. The fourth-order valence-corrected chi connectivity index (χ4v) is 3.94. The van der Waals surface area contributed by atoms with Crippen molar-refractivity contribution in [3.63, 3.8) is 0 Å². The normalized spacial score (nSPS) is 17.2. The number of carbonyl (C=O) groups is 2. The van der Waals surface area contributed by atoms with Crippen molar-refractivity contribution in [3.8, 4) is 0 Å². The van der Waals surface area contributed by atoms with Gasteiger partial charge in [0.1, 0.15) is 5.70 Å². The van der Waals surface area contributed by atoms with Crippen LogP contribution in [0.3, 0.4) is 0 Å². The minimum absolute atomic E-state index is 0.0741. The number of rotatable bonds is 5. The molecule has 30 heavy (non-hydrogen) atoms. The van der Waals surface area contributed by atoms with Crippen molar-refractivity contribution in [1.29, 1.82) is 0 Å². The molecule has 7 nitrogen and oxygen atoms in total. The summed E-state index contributed by atoms with van der Waals surface area (Å²) in [7, 11) is 2.56. The zero-order valence-electron chi connectivity index (χ0n) is 17.4. The molecule has 3 rings (SSSR count). The molecule has 0 unspecified atom stereocenters. The van der Waals surface area contributed by atoms with Gasteiger partial charge in [-0.1, -0.05) is 30.7 Å². The number of ether oxygens (including phenoxy) is 2. The van der Waals surface area contributed by atoms with Gasteiger partial charge >= 0.3 is 11.9 Å².